The van der Waals surface area contributed by atoms with Crippen LogP contribution in [0.5, 0.6) is 0 Å². The van der Waals surface area contributed by atoms with Gasteiger partial charge in [0, 0.05) is 32.8 Å². The number of nitrogens with one attached hydrogen (secondary N) is 1. The first-order valence-corrected chi connectivity index (χ1v) is 8.46. The van der Waals surface area contributed by atoms with Crippen LogP contribution in [0, 0.1) is 11.3 Å². The lowest BCUT2D eigenvalue weighted by Gasteiger charge is -2.43. The van der Waals surface area contributed by atoms with Crippen molar-refractivity contribution in [3.63, 3.8) is 0 Å². The zero-order valence-corrected chi connectivity index (χ0v) is 14.7. The Hall–Kier alpha value is -0.160. The maximum Gasteiger partial charge on any atom is 0.0899 e. The summed E-state index contributed by atoms with van der Waals surface area (Å²) >= 11 is 0. The summed E-state index contributed by atoms with van der Waals surface area (Å²) < 4.78 is 5.03. The number of hydrogen-bond donors (Lipinski definition) is 2. The lowest BCUT2D eigenvalue weighted by Crippen LogP contribution is -2.48. The number of nitrogens with zero attached hydrogens (tertiary/aromatic N) is 1. The van der Waals surface area contributed by atoms with Crippen molar-refractivity contribution in [3.05, 3.63) is 0 Å². The fourth-order valence-electron chi connectivity index (χ4n) is 3.79. The van der Waals surface area contributed by atoms with E-state index in [1.807, 2.05) is 0 Å². The second-order valence-corrected chi connectivity index (χ2v) is 7.54. The van der Waals surface area contributed by atoms with E-state index in [-0.39, 0.29) is 0 Å². The highest BCUT2D eigenvalue weighted by Gasteiger charge is 2.36. The van der Waals surface area contributed by atoms with E-state index < -0.39 is 6.10 Å². The van der Waals surface area contributed by atoms with E-state index in [4.69, 9.17) is 4.74 Å². The first kappa shape index (κ1) is 18.9. The molecule has 0 aromatic heterocycles. The minimum atomic E-state index is -0.392. The first-order valence-electron chi connectivity index (χ1n) is 8.46. The van der Waals surface area contributed by atoms with Gasteiger partial charge in [-0.2, -0.15) is 0 Å². The number of aliphatic hydroxyl groups excluding tert-OH is 1. The van der Waals surface area contributed by atoms with Crippen LogP contribution in [0.3, 0.4) is 0 Å². The quantitative estimate of drug-likeness (QED) is 0.685. The van der Waals surface area contributed by atoms with Gasteiger partial charge in [-0.3, -0.25) is 0 Å². The Labute approximate surface area is 131 Å². The minimum absolute atomic E-state index is 0.351. The fourth-order valence-corrected chi connectivity index (χ4v) is 3.79. The van der Waals surface area contributed by atoms with Crippen molar-refractivity contribution >= 4 is 0 Å². The molecule has 0 heterocycles. The van der Waals surface area contributed by atoms with Crippen LogP contribution in [0.25, 0.3) is 0 Å². The molecule has 3 unspecified atom stereocenters. The van der Waals surface area contributed by atoms with Gasteiger partial charge in [0.15, 0.2) is 0 Å². The second-order valence-electron chi connectivity index (χ2n) is 7.54. The van der Waals surface area contributed by atoms with Crippen LogP contribution < -0.4 is 5.32 Å². The molecule has 0 aromatic rings. The molecular weight excluding hydrogens is 264 g/mol. The van der Waals surface area contributed by atoms with Gasteiger partial charge in [0.2, 0.25) is 0 Å². The summed E-state index contributed by atoms with van der Waals surface area (Å²) in [4.78, 5) is 2.28. The van der Waals surface area contributed by atoms with Crippen molar-refractivity contribution in [2.75, 3.05) is 40.4 Å². The monoisotopic (exact) mass is 300 g/mol. The molecule has 1 saturated carbocycles. The Morgan fingerprint density at radius 3 is 2.71 bits per heavy atom. The molecule has 4 heteroatoms. The van der Waals surface area contributed by atoms with Crippen molar-refractivity contribution in [3.8, 4) is 0 Å². The average Bonchev–Trinajstić information content (AvgIpc) is 2.36. The van der Waals surface area contributed by atoms with E-state index in [0.717, 1.165) is 19.0 Å². The molecule has 3 atom stereocenters. The minimum Gasteiger partial charge on any atom is -0.389 e. The van der Waals surface area contributed by atoms with Crippen LogP contribution in [0.2, 0.25) is 0 Å². The maximum atomic E-state index is 9.92. The molecule has 4 nitrogen and oxygen atoms in total. The van der Waals surface area contributed by atoms with E-state index in [9.17, 15) is 5.11 Å². The Kier molecular flexibility index (Phi) is 8.17. The van der Waals surface area contributed by atoms with Gasteiger partial charge in [-0.1, -0.05) is 33.6 Å². The summed E-state index contributed by atoms with van der Waals surface area (Å²) in [5, 5.41) is 13.6. The largest absolute Gasteiger partial charge is 0.389 e. The van der Waals surface area contributed by atoms with E-state index in [1.165, 1.54) is 25.7 Å². The van der Waals surface area contributed by atoms with Crippen molar-refractivity contribution in [1.29, 1.82) is 0 Å². The SMILES string of the molecule is COCC(O)CN(C)CC1(CNC(C)C)CCCC(C)C1. The normalized spacial score (nSPS) is 28.3. The lowest BCUT2D eigenvalue weighted by molar-refractivity contribution is 0.0233. The van der Waals surface area contributed by atoms with Crippen molar-refractivity contribution in [2.24, 2.45) is 11.3 Å². The molecule has 1 aliphatic rings. The van der Waals surface area contributed by atoms with Gasteiger partial charge in [-0.25, -0.2) is 0 Å². The summed E-state index contributed by atoms with van der Waals surface area (Å²) in [5.41, 5.74) is 0.351. The highest BCUT2D eigenvalue weighted by Crippen LogP contribution is 2.39. The van der Waals surface area contributed by atoms with Gasteiger partial charge in [-0.05, 0) is 31.2 Å². The van der Waals surface area contributed by atoms with Crippen LogP contribution in [-0.2, 0) is 4.74 Å². The van der Waals surface area contributed by atoms with E-state index in [1.54, 1.807) is 7.11 Å². The number of hydrogen-bond acceptors (Lipinski definition) is 4. The molecule has 21 heavy (non-hydrogen) atoms. The van der Waals surface area contributed by atoms with Crippen LogP contribution in [-0.4, -0.2) is 62.6 Å². The van der Waals surface area contributed by atoms with Crippen molar-refractivity contribution < 1.29 is 9.84 Å². The predicted octanol–water partition coefficient (Wildman–Crippen LogP) is 2.12. The number of methoxy groups -OCH3 is 1. The predicted molar refractivity (Wildman–Crippen MR) is 88.6 cm³/mol. The molecule has 1 rings (SSSR count). The third-order valence-corrected chi connectivity index (χ3v) is 4.56. The van der Waals surface area contributed by atoms with Crippen LogP contribution >= 0.6 is 0 Å². The molecule has 0 radical (unpaired) electrons. The molecular formula is C17H36N2O2. The van der Waals surface area contributed by atoms with Gasteiger partial charge >= 0.3 is 0 Å². The molecule has 0 aliphatic heterocycles. The molecule has 0 spiro atoms. The Bertz CT molecular complexity index is 286. The lowest BCUT2D eigenvalue weighted by atomic mass is 9.69. The van der Waals surface area contributed by atoms with E-state index in [2.05, 4.69) is 38.0 Å². The summed E-state index contributed by atoms with van der Waals surface area (Å²) in [6.45, 7) is 10.0. The van der Waals surface area contributed by atoms with Gasteiger partial charge in [0.25, 0.3) is 0 Å². The van der Waals surface area contributed by atoms with Gasteiger partial charge < -0.3 is 20.1 Å². The highest BCUT2D eigenvalue weighted by atomic mass is 16.5. The summed E-state index contributed by atoms with van der Waals surface area (Å²) in [6, 6.07) is 0.531. The molecule has 0 bridgehead atoms. The zero-order valence-electron chi connectivity index (χ0n) is 14.7. The average molecular weight is 300 g/mol. The molecule has 0 aromatic carbocycles. The fraction of sp³-hybridized carbons (Fsp3) is 1.00. The zero-order chi connectivity index (χ0) is 15.9. The first-order chi connectivity index (χ1) is 9.87. The highest BCUT2D eigenvalue weighted by molar-refractivity contribution is 4.90. The van der Waals surface area contributed by atoms with E-state index in [0.29, 0.717) is 24.6 Å². The van der Waals surface area contributed by atoms with Gasteiger partial charge in [0.1, 0.15) is 0 Å². The molecule has 2 N–H and O–H groups in total. The molecule has 1 fully saturated rings. The smallest absolute Gasteiger partial charge is 0.0899 e. The van der Waals surface area contributed by atoms with Gasteiger partial charge in [-0.15, -0.1) is 0 Å². The third kappa shape index (κ3) is 7.09. The Balaban J connectivity index is 2.59. The molecule has 0 saturated heterocycles. The molecule has 0 amide bonds. The molecule has 126 valence electrons. The number of ether oxygens (including phenoxy) is 1. The summed E-state index contributed by atoms with van der Waals surface area (Å²) in [6.07, 6.45) is 4.88. The van der Waals surface area contributed by atoms with Crippen LogP contribution in [0.15, 0.2) is 0 Å². The Morgan fingerprint density at radius 1 is 1.43 bits per heavy atom. The number of likely N-dealkylation sites (N-methyl/N-ethyl adjacent to an activating group) is 1. The second kappa shape index (κ2) is 9.09. The van der Waals surface area contributed by atoms with Crippen LogP contribution in [0.4, 0.5) is 0 Å². The molecule has 1 aliphatic carbocycles. The van der Waals surface area contributed by atoms with Gasteiger partial charge in [0.05, 0.1) is 12.7 Å². The van der Waals surface area contributed by atoms with E-state index >= 15 is 0 Å². The topological polar surface area (TPSA) is 44.7 Å². The van der Waals surface area contributed by atoms with Crippen molar-refractivity contribution in [1.82, 2.24) is 10.2 Å². The number of rotatable bonds is 9. The van der Waals surface area contributed by atoms with Crippen molar-refractivity contribution in [2.45, 2.75) is 58.6 Å². The summed E-state index contributed by atoms with van der Waals surface area (Å²) in [5.74, 6) is 0.810. The van der Waals surface area contributed by atoms with Crippen LogP contribution in [0.1, 0.15) is 46.5 Å². The third-order valence-electron chi connectivity index (χ3n) is 4.56. The number of aliphatic hydroxyl groups is 1. The maximum absolute atomic E-state index is 9.92. The Morgan fingerprint density at radius 2 is 2.14 bits per heavy atom. The standard InChI is InChI=1S/C17H36N2O2/c1-14(2)18-12-17(8-6-7-15(3)9-17)13-19(4)10-16(20)11-21-5/h14-16,18,20H,6-13H2,1-5H3. The summed E-state index contributed by atoms with van der Waals surface area (Å²) in [7, 11) is 3.76.